The van der Waals surface area contributed by atoms with Crippen molar-refractivity contribution in [1.82, 2.24) is 0 Å². The predicted octanol–water partition coefficient (Wildman–Crippen LogP) is 2.68. The Kier molecular flexibility index (Phi) is 5.80. The molecule has 3 nitrogen and oxygen atoms in total. The lowest BCUT2D eigenvalue weighted by Crippen LogP contribution is -2.21. The highest BCUT2D eigenvalue weighted by molar-refractivity contribution is 7.47. The van der Waals surface area contributed by atoms with Crippen LogP contribution in [0.1, 0.15) is 33.6 Å². The second-order valence-electron chi connectivity index (χ2n) is 3.05. The molecule has 0 aliphatic heterocycles. The maximum absolute atomic E-state index is 10.7. The molecule has 1 unspecified atom stereocenters. The fourth-order valence-electron chi connectivity index (χ4n) is 0.964. The van der Waals surface area contributed by atoms with E-state index < -0.39 is 6.09 Å². The molecule has 0 radical (unpaired) electrons. The highest BCUT2D eigenvalue weighted by atomic mass is 32.1. The number of amides is 1. The highest BCUT2D eigenvalue weighted by Crippen LogP contribution is 2.13. The van der Waals surface area contributed by atoms with Crippen LogP contribution in [-0.2, 0) is 17.2 Å². The van der Waals surface area contributed by atoms with E-state index in [4.69, 9.17) is 4.74 Å². The Labute approximate surface area is 78.7 Å². The fraction of sp³-hybridized carbons (Fsp3) is 0.875. The minimum absolute atomic E-state index is 0.0470. The summed E-state index contributed by atoms with van der Waals surface area (Å²) in [6.07, 6.45) is 1.17. The maximum atomic E-state index is 10.7. The van der Waals surface area contributed by atoms with Crippen LogP contribution in [0.15, 0.2) is 4.36 Å². The first-order valence-corrected chi connectivity index (χ1v) is 4.52. The van der Waals surface area contributed by atoms with Crippen LogP contribution in [-0.4, -0.2) is 12.2 Å². The molecule has 4 heteroatoms. The molecule has 0 saturated carbocycles. The first-order valence-electron chi connectivity index (χ1n) is 4.15. The Bertz CT molecular complexity index is 159. The zero-order valence-electron chi connectivity index (χ0n) is 7.74. The molecular weight excluding hydrogens is 174 g/mol. The minimum atomic E-state index is -0.642. The third-order valence-electron chi connectivity index (χ3n) is 1.64. The van der Waals surface area contributed by atoms with E-state index >= 15 is 0 Å². The van der Waals surface area contributed by atoms with E-state index in [2.05, 4.69) is 16.8 Å². The lowest BCUT2D eigenvalue weighted by molar-refractivity contribution is 0.0734. The summed E-state index contributed by atoms with van der Waals surface area (Å²) in [5.41, 5.74) is 0. The molecule has 0 aliphatic carbocycles. The van der Waals surface area contributed by atoms with E-state index in [1.165, 1.54) is 0 Å². The average molecular weight is 189 g/mol. The van der Waals surface area contributed by atoms with Gasteiger partial charge in [-0.15, -0.1) is 4.36 Å². The normalized spacial score (nSPS) is 12.7. The second kappa shape index (κ2) is 6.06. The molecule has 0 bridgehead atoms. The number of carbonyl (C=O) groups is 1. The minimum Gasteiger partial charge on any atom is -0.444 e. The number of carbonyl (C=O) groups excluding carboxylic acids is 1. The van der Waals surface area contributed by atoms with Crippen molar-refractivity contribution in [2.24, 2.45) is 10.3 Å². The molecule has 0 saturated heterocycles. The van der Waals surface area contributed by atoms with Crippen LogP contribution < -0.4 is 0 Å². The second-order valence-corrected chi connectivity index (χ2v) is 3.23. The van der Waals surface area contributed by atoms with E-state index in [9.17, 15) is 4.79 Å². The van der Waals surface area contributed by atoms with Crippen molar-refractivity contribution >= 4 is 18.5 Å². The summed E-state index contributed by atoms with van der Waals surface area (Å²) in [6, 6.07) is 0. The van der Waals surface area contributed by atoms with Crippen molar-refractivity contribution in [3.63, 3.8) is 0 Å². The Morgan fingerprint density at radius 2 is 2.17 bits per heavy atom. The molecule has 1 atom stereocenters. The Balaban J connectivity index is 3.94. The molecule has 0 aromatic heterocycles. The standard InChI is InChI=1S/C8H15NO2S/c1-4-5-7(6(2)3)11-8(10)9-12/h6-7H,4-5H2,1-3H3. The number of hydrogen-bond acceptors (Lipinski definition) is 3. The van der Waals surface area contributed by atoms with Crippen molar-refractivity contribution in [2.75, 3.05) is 0 Å². The summed E-state index contributed by atoms with van der Waals surface area (Å²) in [6.45, 7) is 6.07. The third kappa shape index (κ3) is 4.38. The number of hydrogen-bond donors (Lipinski definition) is 0. The van der Waals surface area contributed by atoms with Crippen molar-refractivity contribution in [1.29, 1.82) is 0 Å². The van der Waals surface area contributed by atoms with Crippen LogP contribution >= 0.6 is 0 Å². The molecule has 0 aliphatic rings. The monoisotopic (exact) mass is 189 g/mol. The molecule has 0 aromatic rings. The van der Waals surface area contributed by atoms with Gasteiger partial charge >= 0.3 is 6.09 Å². The number of ether oxygens (including phenoxy) is 1. The van der Waals surface area contributed by atoms with Gasteiger partial charge in [0.15, 0.2) is 0 Å². The van der Waals surface area contributed by atoms with Gasteiger partial charge < -0.3 is 4.74 Å². The topological polar surface area (TPSA) is 38.7 Å². The first-order chi connectivity index (χ1) is 5.61. The molecule has 0 N–H and O–H groups in total. The average Bonchev–Trinajstić information content (AvgIpc) is 2.03. The lowest BCUT2D eigenvalue weighted by Gasteiger charge is -2.18. The van der Waals surface area contributed by atoms with Crippen molar-refractivity contribution in [3.05, 3.63) is 0 Å². The third-order valence-corrected chi connectivity index (χ3v) is 1.79. The largest absolute Gasteiger partial charge is 0.445 e. The zero-order chi connectivity index (χ0) is 9.56. The predicted molar refractivity (Wildman–Crippen MR) is 49.8 cm³/mol. The molecule has 12 heavy (non-hydrogen) atoms. The molecule has 0 heterocycles. The van der Waals surface area contributed by atoms with Gasteiger partial charge in [0.1, 0.15) is 6.10 Å². The summed E-state index contributed by atoms with van der Waals surface area (Å²) >= 11 is 4.21. The van der Waals surface area contributed by atoms with Crippen LogP contribution in [0.2, 0.25) is 0 Å². The van der Waals surface area contributed by atoms with Gasteiger partial charge in [-0.2, -0.15) is 0 Å². The van der Waals surface area contributed by atoms with Crippen LogP contribution in [0, 0.1) is 5.92 Å². The molecule has 1 amide bonds. The van der Waals surface area contributed by atoms with Crippen molar-refractivity contribution < 1.29 is 9.53 Å². The van der Waals surface area contributed by atoms with Crippen LogP contribution in [0.3, 0.4) is 0 Å². The molecule has 0 rings (SSSR count). The van der Waals surface area contributed by atoms with E-state index in [0.29, 0.717) is 5.92 Å². The van der Waals surface area contributed by atoms with Gasteiger partial charge in [-0.1, -0.05) is 27.2 Å². The van der Waals surface area contributed by atoms with Crippen molar-refractivity contribution in [3.8, 4) is 0 Å². The quantitative estimate of drug-likeness (QED) is 0.682. The van der Waals surface area contributed by atoms with E-state index in [-0.39, 0.29) is 6.10 Å². The molecule has 0 aromatic carbocycles. The van der Waals surface area contributed by atoms with E-state index in [1.54, 1.807) is 0 Å². The summed E-state index contributed by atoms with van der Waals surface area (Å²) in [5.74, 6) is 0.325. The summed E-state index contributed by atoms with van der Waals surface area (Å²) < 4.78 is 8.01. The Hall–Kier alpha value is -0.510. The van der Waals surface area contributed by atoms with Crippen LogP contribution in [0.5, 0.6) is 0 Å². The fourth-order valence-corrected chi connectivity index (χ4v) is 1.01. The molecular formula is C8H15NO2S. The van der Waals surface area contributed by atoms with E-state index in [1.807, 2.05) is 20.8 Å². The zero-order valence-corrected chi connectivity index (χ0v) is 8.56. The van der Waals surface area contributed by atoms with Gasteiger partial charge in [0.05, 0.1) is 0 Å². The molecule has 0 fully saturated rings. The first kappa shape index (κ1) is 11.5. The smallest absolute Gasteiger partial charge is 0.444 e. The number of nitrogens with zero attached hydrogens (tertiary/aromatic N) is 1. The van der Waals surface area contributed by atoms with Gasteiger partial charge in [0.25, 0.3) is 0 Å². The van der Waals surface area contributed by atoms with Gasteiger partial charge in [0, 0.05) is 12.4 Å². The van der Waals surface area contributed by atoms with Gasteiger partial charge in [0.2, 0.25) is 0 Å². The Morgan fingerprint density at radius 3 is 2.50 bits per heavy atom. The summed E-state index contributed by atoms with van der Waals surface area (Å²) in [5, 5.41) is 0. The number of rotatable bonds is 4. The van der Waals surface area contributed by atoms with Crippen LogP contribution in [0.25, 0.3) is 0 Å². The van der Waals surface area contributed by atoms with Gasteiger partial charge in [-0.3, -0.25) is 0 Å². The van der Waals surface area contributed by atoms with Gasteiger partial charge in [-0.25, -0.2) is 4.79 Å². The van der Waals surface area contributed by atoms with Crippen molar-refractivity contribution in [2.45, 2.75) is 39.7 Å². The maximum Gasteiger partial charge on any atom is 0.445 e. The Morgan fingerprint density at radius 1 is 1.58 bits per heavy atom. The SMILES string of the molecule is CCCC(OC(=O)N=S)C(C)C. The summed E-state index contributed by atoms with van der Waals surface area (Å²) in [7, 11) is 0. The summed E-state index contributed by atoms with van der Waals surface area (Å²) in [4.78, 5) is 10.7. The van der Waals surface area contributed by atoms with Crippen LogP contribution in [0.4, 0.5) is 4.79 Å². The molecule has 70 valence electrons. The highest BCUT2D eigenvalue weighted by Gasteiger charge is 2.16. The van der Waals surface area contributed by atoms with Gasteiger partial charge in [-0.05, 0) is 12.3 Å². The van der Waals surface area contributed by atoms with E-state index in [0.717, 1.165) is 12.8 Å². The lowest BCUT2D eigenvalue weighted by atomic mass is 10.0. The molecule has 0 spiro atoms.